The second-order valence-corrected chi connectivity index (χ2v) is 5.66. The summed E-state index contributed by atoms with van der Waals surface area (Å²) >= 11 is 0. The number of rotatable bonds is 2. The first-order valence-electron chi connectivity index (χ1n) is 6.05. The molecule has 1 saturated heterocycles. The second-order valence-electron chi connectivity index (χ2n) is 5.66. The molecule has 0 radical (unpaired) electrons. The van der Waals surface area contributed by atoms with Gasteiger partial charge in [0.2, 0.25) is 0 Å². The van der Waals surface area contributed by atoms with Crippen LogP contribution in [0.4, 0.5) is 5.82 Å². The first kappa shape index (κ1) is 12.9. The van der Waals surface area contributed by atoms with Crippen molar-refractivity contribution in [1.82, 2.24) is 9.78 Å². The van der Waals surface area contributed by atoms with Crippen LogP contribution in [0.15, 0.2) is 6.20 Å². The van der Waals surface area contributed by atoms with E-state index in [9.17, 15) is 15.0 Å². The lowest BCUT2D eigenvalue weighted by molar-refractivity contribution is 0.0697. The molecule has 1 fully saturated rings. The molecule has 2 N–H and O–H groups in total. The van der Waals surface area contributed by atoms with Crippen molar-refractivity contribution in [3.05, 3.63) is 11.8 Å². The van der Waals surface area contributed by atoms with Gasteiger partial charge in [0.15, 0.2) is 0 Å². The summed E-state index contributed by atoms with van der Waals surface area (Å²) in [5, 5.41) is 23.0. The van der Waals surface area contributed by atoms with E-state index in [0.29, 0.717) is 25.3 Å². The molecular formula is C12H19N3O3. The highest BCUT2D eigenvalue weighted by molar-refractivity contribution is 5.93. The van der Waals surface area contributed by atoms with Crippen LogP contribution in [0, 0.1) is 0 Å². The van der Waals surface area contributed by atoms with Crippen LogP contribution in [0.2, 0.25) is 0 Å². The van der Waals surface area contributed by atoms with Crippen LogP contribution in [0.25, 0.3) is 0 Å². The minimum absolute atomic E-state index is 0.194. The number of carboxylic acid groups (broad SMARTS) is 1. The van der Waals surface area contributed by atoms with Crippen LogP contribution in [0.5, 0.6) is 0 Å². The van der Waals surface area contributed by atoms with Gasteiger partial charge in [-0.1, -0.05) is 0 Å². The highest BCUT2D eigenvalue weighted by Crippen LogP contribution is 2.29. The molecule has 1 unspecified atom stereocenters. The van der Waals surface area contributed by atoms with Gasteiger partial charge in [0.25, 0.3) is 0 Å². The Morgan fingerprint density at radius 3 is 2.61 bits per heavy atom. The van der Waals surface area contributed by atoms with E-state index in [1.54, 1.807) is 4.68 Å². The summed E-state index contributed by atoms with van der Waals surface area (Å²) in [7, 11) is 0. The lowest BCUT2D eigenvalue weighted by Crippen LogP contribution is -2.32. The highest BCUT2D eigenvalue weighted by atomic mass is 16.4. The summed E-state index contributed by atoms with van der Waals surface area (Å²) in [6.45, 7) is 7.04. The molecule has 6 nitrogen and oxygen atoms in total. The van der Waals surface area contributed by atoms with E-state index in [1.807, 2.05) is 25.7 Å². The molecule has 0 amide bonds. The van der Waals surface area contributed by atoms with Crippen LogP contribution in [0.1, 0.15) is 37.6 Å². The number of anilines is 1. The maximum Gasteiger partial charge on any atom is 0.341 e. The number of nitrogens with zero attached hydrogens (tertiary/aromatic N) is 3. The zero-order chi connectivity index (χ0) is 13.5. The summed E-state index contributed by atoms with van der Waals surface area (Å²) < 4.78 is 1.72. The van der Waals surface area contributed by atoms with Crippen LogP contribution in [-0.4, -0.2) is 45.2 Å². The van der Waals surface area contributed by atoms with Crippen molar-refractivity contribution >= 4 is 11.8 Å². The Morgan fingerprint density at radius 1 is 1.50 bits per heavy atom. The topological polar surface area (TPSA) is 78.6 Å². The van der Waals surface area contributed by atoms with Crippen molar-refractivity contribution in [2.24, 2.45) is 0 Å². The van der Waals surface area contributed by atoms with E-state index in [2.05, 4.69) is 5.10 Å². The second kappa shape index (κ2) is 4.28. The molecule has 0 aromatic carbocycles. The van der Waals surface area contributed by atoms with E-state index >= 15 is 0 Å². The molecule has 0 saturated carbocycles. The normalized spacial score (nSPS) is 20.4. The monoisotopic (exact) mass is 253 g/mol. The Bertz CT molecular complexity index is 462. The molecule has 100 valence electrons. The number of aliphatic hydroxyl groups excluding tert-OH is 1. The number of aliphatic hydroxyl groups is 1. The van der Waals surface area contributed by atoms with Gasteiger partial charge >= 0.3 is 5.97 Å². The van der Waals surface area contributed by atoms with Crippen molar-refractivity contribution in [2.75, 3.05) is 18.0 Å². The van der Waals surface area contributed by atoms with Gasteiger partial charge in [0.05, 0.1) is 17.8 Å². The number of carboxylic acids is 1. The summed E-state index contributed by atoms with van der Waals surface area (Å²) in [6.07, 6.45) is 1.65. The first-order valence-corrected chi connectivity index (χ1v) is 6.05. The van der Waals surface area contributed by atoms with Gasteiger partial charge in [0, 0.05) is 13.1 Å². The average molecular weight is 253 g/mol. The molecule has 18 heavy (non-hydrogen) atoms. The molecule has 0 spiro atoms. The molecule has 2 rings (SSSR count). The lowest BCUT2D eigenvalue weighted by atomic mass is 10.1. The SMILES string of the molecule is CC(C)(C)n1ncc(C(=O)O)c1N1CCC(O)C1. The maximum atomic E-state index is 11.3. The summed E-state index contributed by atoms with van der Waals surface area (Å²) in [4.78, 5) is 13.2. The molecule has 1 atom stereocenters. The fourth-order valence-corrected chi connectivity index (χ4v) is 2.22. The van der Waals surface area contributed by atoms with Gasteiger partial charge in [-0.05, 0) is 27.2 Å². The fraction of sp³-hybridized carbons (Fsp3) is 0.667. The quantitative estimate of drug-likeness (QED) is 0.819. The van der Waals surface area contributed by atoms with E-state index in [4.69, 9.17) is 0 Å². The Hall–Kier alpha value is -1.56. The predicted molar refractivity (Wildman–Crippen MR) is 67.0 cm³/mol. The van der Waals surface area contributed by atoms with Crippen LogP contribution in [-0.2, 0) is 5.54 Å². The van der Waals surface area contributed by atoms with Crippen molar-refractivity contribution in [2.45, 2.75) is 38.8 Å². The molecule has 1 aromatic heterocycles. The molecule has 1 aliphatic heterocycles. The third kappa shape index (κ3) is 2.20. The van der Waals surface area contributed by atoms with E-state index in [0.717, 1.165) is 0 Å². The van der Waals surface area contributed by atoms with Gasteiger partial charge in [-0.3, -0.25) is 0 Å². The Kier molecular flexibility index (Phi) is 3.06. The Morgan fingerprint density at radius 2 is 2.17 bits per heavy atom. The largest absolute Gasteiger partial charge is 0.477 e. The Balaban J connectivity index is 2.47. The number of hydrogen-bond acceptors (Lipinski definition) is 4. The minimum Gasteiger partial charge on any atom is -0.477 e. The summed E-state index contributed by atoms with van der Waals surface area (Å²) in [5.74, 6) is -0.395. The van der Waals surface area contributed by atoms with Crippen LogP contribution >= 0.6 is 0 Å². The van der Waals surface area contributed by atoms with Gasteiger partial charge in [-0.15, -0.1) is 0 Å². The highest BCUT2D eigenvalue weighted by Gasteiger charge is 2.31. The van der Waals surface area contributed by atoms with Gasteiger partial charge in [0.1, 0.15) is 11.4 Å². The van der Waals surface area contributed by atoms with Crippen LogP contribution in [0.3, 0.4) is 0 Å². The first-order chi connectivity index (χ1) is 8.30. The van der Waals surface area contributed by atoms with Crippen molar-refractivity contribution < 1.29 is 15.0 Å². The van der Waals surface area contributed by atoms with E-state index < -0.39 is 12.1 Å². The molecule has 1 aliphatic rings. The molecule has 1 aromatic rings. The number of hydrogen-bond donors (Lipinski definition) is 2. The average Bonchev–Trinajstić information content (AvgIpc) is 2.80. The van der Waals surface area contributed by atoms with Crippen molar-refractivity contribution in [3.63, 3.8) is 0 Å². The molecule has 2 heterocycles. The number of aromatic nitrogens is 2. The zero-order valence-electron chi connectivity index (χ0n) is 10.9. The smallest absolute Gasteiger partial charge is 0.341 e. The molecule has 6 heteroatoms. The predicted octanol–water partition coefficient (Wildman–Crippen LogP) is 0.907. The summed E-state index contributed by atoms with van der Waals surface area (Å²) in [6, 6.07) is 0. The van der Waals surface area contributed by atoms with E-state index in [1.165, 1.54) is 6.20 Å². The summed E-state index contributed by atoms with van der Waals surface area (Å²) in [5.41, 5.74) is -0.102. The molecular weight excluding hydrogens is 234 g/mol. The number of aromatic carboxylic acids is 1. The maximum absolute atomic E-state index is 11.3. The third-order valence-corrected chi connectivity index (χ3v) is 3.07. The third-order valence-electron chi connectivity index (χ3n) is 3.07. The lowest BCUT2D eigenvalue weighted by Gasteiger charge is -2.27. The Labute approximate surface area is 106 Å². The van der Waals surface area contributed by atoms with E-state index in [-0.39, 0.29) is 11.1 Å². The standard InChI is InChI=1S/C12H19N3O3/c1-12(2,3)15-10(9(6-13-15)11(17)18)14-5-4-8(16)7-14/h6,8,16H,4-5,7H2,1-3H3,(H,17,18). The number of carbonyl (C=O) groups is 1. The molecule has 0 aliphatic carbocycles. The molecule has 0 bridgehead atoms. The van der Waals surface area contributed by atoms with Gasteiger partial charge in [-0.2, -0.15) is 5.10 Å². The number of β-amino-alcohol motifs (C(OH)–C–C–N with tert-alkyl or cyclic N) is 1. The zero-order valence-corrected chi connectivity index (χ0v) is 10.9. The van der Waals surface area contributed by atoms with Crippen molar-refractivity contribution in [1.29, 1.82) is 0 Å². The van der Waals surface area contributed by atoms with Crippen LogP contribution < -0.4 is 4.90 Å². The fourth-order valence-electron chi connectivity index (χ4n) is 2.22. The van der Waals surface area contributed by atoms with Gasteiger partial charge < -0.3 is 15.1 Å². The van der Waals surface area contributed by atoms with Gasteiger partial charge in [-0.25, -0.2) is 9.48 Å². The van der Waals surface area contributed by atoms with Crippen molar-refractivity contribution in [3.8, 4) is 0 Å². The minimum atomic E-state index is -0.984.